The first kappa shape index (κ1) is 14.3. The maximum Gasteiger partial charge on any atom is 0.340 e. The molecule has 1 fully saturated rings. The van der Waals surface area contributed by atoms with Crippen molar-refractivity contribution in [3.05, 3.63) is 28.1 Å². The normalized spacial score (nSPS) is 18.4. The van der Waals surface area contributed by atoms with Crippen molar-refractivity contribution in [1.82, 2.24) is 35.6 Å². The van der Waals surface area contributed by atoms with Gasteiger partial charge in [0, 0.05) is 25.9 Å². The summed E-state index contributed by atoms with van der Waals surface area (Å²) in [5, 5.41) is 16.6. The van der Waals surface area contributed by atoms with Gasteiger partial charge in [-0.1, -0.05) is 0 Å². The number of aromatic amines is 2. The van der Waals surface area contributed by atoms with Crippen LogP contribution in [0.25, 0.3) is 0 Å². The smallest absolute Gasteiger partial charge is 0.340 e. The van der Waals surface area contributed by atoms with Crippen LogP contribution in [0.5, 0.6) is 0 Å². The zero-order valence-corrected chi connectivity index (χ0v) is 12.1. The van der Waals surface area contributed by atoms with E-state index in [1.165, 1.54) is 0 Å². The van der Waals surface area contributed by atoms with Gasteiger partial charge < -0.3 is 14.6 Å². The molecule has 10 nitrogen and oxygen atoms in total. The molecule has 0 aromatic carbocycles. The average Bonchev–Trinajstić information content (AvgIpc) is 3.13. The summed E-state index contributed by atoms with van der Waals surface area (Å²) < 4.78 is 5.21. The van der Waals surface area contributed by atoms with E-state index in [-0.39, 0.29) is 24.2 Å². The summed E-state index contributed by atoms with van der Waals surface area (Å²) in [4.78, 5) is 27.7. The van der Waals surface area contributed by atoms with E-state index in [0.717, 1.165) is 12.8 Å². The Hall–Kier alpha value is -2.65. The lowest BCUT2D eigenvalue weighted by Crippen LogP contribution is -2.44. The summed E-state index contributed by atoms with van der Waals surface area (Å²) in [6, 6.07) is -0.196. The van der Waals surface area contributed by atoms with Crippen molar-refractivity contribution in [2.24, 2.45) is 0 Å². The Balaban J connectivity index is 1.57. The minimum Gasteiger partial charge on any atom is -0.424 e. The number of hydrogen-bond acceptors (Lipinski definition) is 6. The van der Waals surface area contributed by atoms with Gasteiger partial charge >= 0.3 is 11.7 Å². The van der Waals surface area contributed by atoms with Crippen LogP contribution in [0.1, 0.15) is 36.4 Å². The monoisotopic (exact) mass is 307 g/mol. The molecule has 10 heteroatoms. The van der Waals surface area contributed by atoms with Gasteiger partial charge in [-0.2, -0.15) is 5.10 Å². The number of amides is 2. The minimum atomic E-state index is -0.330. The van der Waals surface area contributed by atoms with E-state index in [0.29, 0.717) is 30.7 Å². The topological polar surface area (TPSA) is 133 Å². The fourth-order valence-corrected chi connectivity index (χ4v) is 2.53. The lowest BCUT2D eigenvalue weighted by atomic mass is 9.98. The number of nitrogens with zero attached hydrogens (tertiary/aromatic N) is 4. The molecule has 22 heavy (non-hydrogen) atoms. The molecule has 1 aliphatic heterocycles. The van der Waals surface area contributed by atoms with Gasteiger partial charge in [0.1, 0.15) is 5.82 Å². The lowest BCUT2D eigenvalue weighted by molar-refractivity contribution is 0.177. The molecule has 1 unspecified atom stereocenters. The van der Waals surface area contributed by atoms with Gasteiger partial charge in [-0.05, 0) is 12.8 Å². The molecule has 1 aliphatic rings. The Morgan fingerprint density at radius 1 is 1.50 bits per heavy atom. The minimum absolute atomic E-state index is 0.0316. The van der Waals surface area contributed by atoms with Crippen LogP contribution in [0.3, 0.4) is 0 Å². The van der Waals surface area contributed by atoms with Crippen molar-refractivity contribution in [2.45, 2.75) is 32.2 Å². The number of rotatable bonds is 3. The molecule has 0 bridgehead atoms. The second-order valence-electron chi connectivity index (χ2n) is 5.22. The highest BCUT2D eigenvalue weighted by Crippen LogP contribution is 2.23. The van der Waals surface area contributed by atoms with Crippen LogP contribution in [-0.4, -0.2) is 49.4 Å². The number of piperidine rings is 1. The maximum atomic E-state index is 12.2. The Morgan fingerprint density at radius 3 is 3.05 bits per heavy atom. The van der Waals surface area contributed by atoms with Crippen LogP contribution < -0.4 is 11.0 Å². The van der Waals surface area contributed by atoms with Crippen molar-refractivity contribution >= 4 is 6.03 Å². The third-order valence-electron chi connectivity index (χ3n) is 3.57. The van der Waals surface area contributed by atoms with Gasteiger partial charge in [0.05, 0.1) is 6.54 Å². The molecule has 2 aromatic heterocycles. The molecule has 1 atom stereocenters. The Kier molecular flexibility index (Phi) is 3.90. The van der Waals surface area contributed by atoms with E-state index in [1.54, 1.807) is 11.8 Å². The second-order valence-corrected chi connectivity index (χ2v) is 5.22. The number of carbonyl (C=O) groups is 1. The molecule has 2 amide bonds. The Morgan fingerprint density at radius 2 is 2.36 bits per heavy atom. The van der Waals surface area contributed by atoms with Crippen molar-refractivity contribution in [3.8, 4) is 0 Å². The quantitative estimate of drug-likeness (QED) is 0.724. The molecule has 0 spiro atoms. The van der Waals surface area contributed by atoms with Gasteiger partial charge in [0.25, 0.3) is 0 Å². The number of carbonyl (C=O) groups excluding carboxylic acids is 1. The van der Waals surface area contributed by atoms with Gasteiger partial charge in [0.2, 0.25) is 11.8 Å². The second kappa shape index (κ2) is 6.00. The van der Waals surface area contributed by atoms with E-state index in [1.807, 2.05) is 0 Å². The predicted molar refractivity (Wildman–Crippen MR) is 74.0 cm³/mol. The third kappa shape index (κ3) is 3.15. The SMILES string of the molecule is Cc1nnc(CNC(=O)N2CCCC(c3n[nH]c(=O)[nH]3)C2)o1. The molecule has 0 aliphatic carbocycles. The van der Waals surface area contributed by atoms with Crippen molar-refractivity contribution in [3.63, 3.8) is 0 Å². The molecule has 3 heterocycles. The largest absolute Gasteiger partial charge is 0.424 e. The lowest BCUT2D eigenvalue weighted by Gasteiger charge is -2.31. The van der Waals surface area contributed by atoms with Crippen molar-refractivity contribution < 1.29 is 9.21 Å². The molecular weight excluding hydrogens is 290 g/mol. The van der Waals surface area contributed by atoms with Crippen LogP contribution in [-0.2, 0) is 6.54 Å². The number of hydrogen-bond donors (Lipinski definition) is 3. The first-order chi connectivity index (χ1) is 10.6. The van der Waals surface area contributed by atoms with E-state index >= 15 is 0 Å². The molecule has 3 rings (SSSR count). The van der Waals surface area contributed by atoms with E-state index in [2.05, 4.69) is 30.7 Å². The molecule has 0 radical (unpaired) electrons. The fraction of sp³-hybridized carbons (Fsp3) is 0.583. The summed E-state index contributed by atoms with van der Waals surface area (Å²) in [5.74, 6) is 1.46. The van der Waals surface area contributed by atoms with E-state index in [9.17, 15) is 9.59 Å². The first-order valence-corrected chi connectivity index (χ1v) is 7.08. The molecule has 2 aromatic rings. The summed E-state index contributed by atoms with van der Waals surface area (Å²) >= 11 is 0. The highest BCUT2D eigenvalue weighted by molar-refractivity contribution is 5.74. The van der Waals surface area contributed by atoms with Gasteiger partial charge in [-0.15, -0.1) is 10.2 Å². The number of aromatic nitrogens is 5. The summed E-state index contributed by atoms with van der Waals surface area (Å²) in [6.07, 6.45) is 1.74. The van der Waals surface area contributed by atoms with Crippen LogP contribution in [0.2, 0.25) is 0 Å². The zero-order chi connectivity index (χ0) is 15.5. The van der Waals surface area contributed by atoms with Gasteiger partial charge in [-0.25, -0.2) is 14.7 Å². The Labute approximate surface area is 125 Å². The molecule has 3 N–H and O–H groups in total. The summed E-state index contributed by atoms with van der Waals surface area (Å²) in [6.45, 7) is 3.06. The first-order valence-electron chi connectivity index (χ1n) is 7.08. The average molecular weight is 307 g/mol. The highest BCUT2D eigenvalue weighted by atomic mass is 16.4. The van der Waals surface area contributed by atoms with E-state index in [4.69, 9.17) is 4.42 Å². The number of aryl methyl sites for hydroxylation is 1. The molecule has 0 saturated carbocycles. The Bertz CT molecular complexity index is 703. The fourth-order valence-electron chi connectivity index (χ4n) is 2.53. The molecule has 118 valence electrons. The predicted octanol–water partition coefficient (Wildman–Crippen LogP) is -0.121. The standard InChI is InChI=1S/C12H17N7O3/c1-7-15-16-9(22-7)5-13-12(21)19-4-2-3-8(6-19)10-14-11(20)18-17-10/h8H,2-6H2,1H3,(H,13,21)(H2,14,17,18,20). The zero-order valence-electron chi connectivity index (χ0n) is 12.1. The van der Waals surface area contributed by atoms with Gasteiger partial charge in [0.15, 0.2) is 0 Å². The maximum absolute atomic E-state index is 12.2. The highest BCUT2D eigenvalue weighted by Gasteiger charge is 2.26. The third-order valence-corrected chi connectivity index (χ3v) is 3.57. The summed E-state index contributed by atoms with van der Waals surface area (Å²) in [7, 11) is 0. The summed E-state index contributed by atoms with van der Waals surface area (Å²) in [5.41, 5.74) is -0.330. The van der Waals surface area contributed by atoms with Crippen LogP contribution in [0.4, 0.5) is 4.79 Å². The van der Waals surface area contributed by atoms with Crippen molar-refractivity contribution in [1.29, 1.82) is 0 Å². The van der Waals surface area contributed by atoms with Crippen molar-refractivity contribution in [2.75, 3.05) is 13.1 Å². The van der Waals surface area contributed by atoms with Gasteiger partial charge in [-0.3, -0.25) is 4.98 Å². The number of nitrogens with one attached hydrogen (secondary N) is 3. The molecular formula is C12H17N7O3. The number of urea groups is 1. The molecule has 1 saturated heterocycles. The van der Waals surface area contributed by atoms with E-state index < -0.39 is 0 Å². The van der Waals surface area contributed by atoms with Crippen LogP contribution in [0, 0.1) is 6.92 Å². The van der Waals surface area contributed by atoms with Crippen LogP contribution >= 0.6 is 0 Å². The number of likely N-dealkylation sites (tertiary alicyclic amines) is 1. The van der Waals surface area contributed by atoms with Crippen LogP contribution in [0.15, 0.2) is 9.21 Å². The number of H-pyrrole nitrogens is 2.